The maximum absolute atomic E-state index is 13.0. The van der Waals surface area contributed by atoms with E-state index >= 15 is 0 Å². The molecule has 1 saturated heterocycles. The highest BCUT2D eigenvalue weighted by atomic mass is 16.6. The smallest absolute Gasteiger partial charge is 0.323 e. The number of carbonyl (C=O) groups is 3. The van der Waals surface area contributed by atoms with Crippen LogP contribution in [0.25, 0.3) is 5.52 Å². The third-order valence-electron chi connectivity index (χ3n) is 8.20. The van der Waals surface area contributed by atoms with Crippen LogP contribution in [0, 0.1) is 11.8 Å². The first-order valence-electron chi connectivity index (χ1n) is 15.1. The average Bonchev–Trinajstić information content (AvgIpc) is 3.53. The molecule has 0 bridgehead atoms. The standard InChI is InChI=1S/C30H44N6O7/c1-5-9-23(37)35-28-20-12-13-22(36(20)34-17-33-28)30(16-32-4)27(39)26(42-29(40)25(31)18(2)3)21(43-30)15-41-24(38)14-19-10-7-6-8-11-19/h12-13,16-19,21,25-27,39H,5-11,14-15,31H2,1-4H3,(H,33,34,35,37)/t21-,25+,26-,27-,30+/m1/s1. The van der Waals surface area contributed by atoms with Crippen molar-refractivity contribution in [3.05, 3.63) is 24.2 Å². The Bertz CT molecular complexity index is 1310. The second-order valence-electron chi connectivity index (χ2n) is 11.8. The maximum atomic E-state index is 13.0. The van der Waals surface area contributed by atoms with Crippen LogP contribution in [0.1, 0.15) is 77.8 Å². The van der Waals surface area contributed by atoms with E-state index in [1.54, 1.807) is 26.0 Å². The van der Waals surface area contributed by atoms with E-state index in [0.29, 0.717) is 30.5 Å². The Labute approximate surface area is 251 Å². The lowest BCUT2D eigenvalue weighted by Gasteiger charge is -2.28. The summed E-state index contributed by atoms with van der Waals surface area (Å²) in [6.45, 7) is 5.22. The molecule has 1 aliphatic heterocycles. The summed E-state index contributed by atoms with van der Waals surface area (Å²) in [6.07, 6.45) is 5.57. The van der Waals surface area contributed by atoms with Crippen LogP contribution in [0.5, 0.6) is 0 Å². The molecule has 2 aliphatic rings. The summed E-state index contributed by atoms with van der Waals surface area (Å²) in [5.74, 6) is -0.934. The van der Waals surface area contributed by atoms with Crippen LogP contribution in [0.15, 0.2) is 23.5 Å². The van der Waals surface area contributed by atoms with Gasteiger partial charge in [-0.25, -0.2) is 9.50 Å². The first kappa shape index (κ1) is 32.5. The van der Waals surface area contributed by atoms with Crippen molar-refractivity contribution in [1.82, 2.24) is 14.6 Å². The average molecular weight is 601 g/mol. The molecular weight excluding hydrogens is 556 g/mol. The molecule has 1 saturated carbocycles. The van der Waals surface area contributed by atoms with Crippen LogP contribution in [0.4, 0.5) is 5.82 Å². The minimum absolute atomic E-state index is 0.198. The van der Waals surface area contributed by atoms with E-state index in [2.05, 4.69) is 20.4 Å². The van der Waals surface area contributed by atoms with Crippen molar-refractivity contribution >= 4 is 35.4 Å². The highest BCUT2D eigenvalue weighted by Crippen LogP contribution is 2.41. The number of nitrogens with one attached hydrogen (secondary N) is 1. The summed E-state index contributed by atoms with van der Waals surface area (Å²) in [6, 6.07) is 2.42. The molecule has 3 heterocycles. The Morgan fingerprint density at radius 3 is 2.70 bits per heavy atom. The zero-order valence-electron chi connectivity index (χ0n) is 25.4. The number of aliphatic hydroxyl groups excluding tert-OH is 1. The maximum Gasteiger partial charge on any atom is 0.323 e. The van der Waals surface area contributed by atoms with Crippen LogP contribution in [0.3, 0.4) is 0 Å². The second-order valence-corrected chi connectivity index (χ2v) is 11.8. The number of aliphatic imine (C=N–C) groups is 1. The van der Waals surface area contributed by atoms with E-state index in [0.717, 1.165) is 25.7 Å². The number of esters is 2. The first-order chi connectivity index (χ1) is 20.6. The SMILES string of the molecule is CCCC(=O)Nc1ncnn2c([C@]3(C=NC)O[C@H](COC(=O)CC4CCCCC4)[C@@H](OC(=O)[C@@H](N)C(C)C)[C@H]3O)ccc12. The van der Waals surface area contributed by atoms with Gasteiger partial charge in [-0.2, -0.15) is 5.10 Å². The Hall–Kier alpha value is -3.42. The molecular formula is C30H44N6O7. The molecule has 0 spiro atoms. The van der Waals surface area contributed by atoms with Gasteiger partial charge in [0.15, 0.2) is 17.5 Å². The molecule has 4 N–H and O–H groups in total. The minimum atomic E-state index is -1.66. The number of ether oxygens (including phenoxy) is 3. The van der Waals surface area contributed by atoms with E-state index in [4.69, 9.17) is 19.9 Å². The van der Waals surface area contributed by atoms with Gasteiger partial charge >= 0.3 is 11.9 Å². The number of aromatic nitrogens is 3. The predicted molar refractivity (Wildman–Crippen MR) is 158 cm³/mol. The zero-order valence-corrected chi connectivity index (χ0v) is 25.4. The van der Waals surface area contributed by atoms with Crippen molar-refractivity contribution in [3.63, 3.8) is 0 Å². The van der Waals surface area contributed by atoms with Crippen LogP contribution in [-0.4, -0.2) is 81.8 Å². The van der Waals surface area contributed by atoms with Gasteiger partial charge in [-0.15, -0.1) is 0 Å². The summed E-state index contributed by atoms with van der Waals surface area (Å²) in [7, 11) is 1.52. The number of nitrogens with zero attached hydrogens (tertiary/aromatic N) is 4. The van der Waals surface area contributed by atoms with Gasteiger partial charge in [0.05, 0.1) is 5.69 Å². The normalized spacial score (nSPS) is 25.3. The molecule has 13 heteroatoms. The Kier molecular flexibility index (Phi) is 10.9. The number of amides is 1. The fourth-order valence-electron chi connectivity index (χ4n) is 5.77. The monoisotopic (exact) mass is 600 g/mol. The topological polar surface area (TPSA) is 180 Å². The number of hydrogen-bond acceptors (Lipinski definition) is 11. The number of carbonyl (C=O) groups excluding carboxylic acids is 3. The van der Waals surface area contributed by atoms with Crippen molar-refractivity contribution in [1.29, 1.82) is 0 Å². The Morgan fingerprint density at radius 1 is 1.28 bits per heavy atom. The highest BCUT2D eigenvalue weighted by molar-refractivity contribution is 5.93. The number of anilines is 1. The van der Waals surface area contributed by atoms with Gasteiger partial charge in [-0.3, -0.25) is 19.4 Å². The van der Waals surface area contributed by atoms with Gasteiger partial charge in [0, 0.05) is 26.1 Å². The van der Waals surface area contributed by atoms with E-state index < -0.39 is 35.9 Å². The molecule has 43 heavy (non-hydrogen) atoms. The van der Waals surface area contributed by atoms with Crippen molar-refractivity contribution in [2.75, 3.05) is 19.0 Å². The predicted octanol–water partition coefficient (Wildman–Crippen LogP) is 2.53. The van der Waals surface area contributed by atoms with Crippen molar-refractivity contribution in [2.24, 2.45) is 22.6 Å². The summed E-state index contributed by atoms with van der Waals surface area (Å²) in [4.78, 5) is 46.5. The van der Waals surface area contributed by atoms with Crippen LogP contribution in [-0.2, 0) is 34.2 Å². The minimum Gasteiger partial charge on any atom is -0.463 e. The molecule has 1 aliphatic carbocycles. The molecule has 5 atom stereocenters. The second kappa shape index (κ2) is 14.4. The summed E-state index contributed by atoms with van der Waals surface area (Å²) < 4.78 is 19.3. The van der Waals surface area contributed by atoms with Crippen LogP contribution in [0.2, 0.25) is 0 Å². The summed E-state index contributed by atoms with van der Waals surface area (Å²) in [5.41, 5.74) is 5.21. The molecule has 4 rings (SSSR count). The Balaban J connectivity index is 1.66. The number of nitrogens with two attached hydrogens (primary N) is 1. The summed E-state index contributed by atoms with van der Waals surface area (Å²) in [5, 5.41) is 19.0. The molecule has 2 aromatic heterocycles. The molecule has 13 nitrogen and oxygen atoms in total. The lowest BCUT2D eigenvalue weighted by molar-refractivity contribution is -0.162. The van der Waals surface area contributed by atoms with Crippen molar-refractivity contribution in [3.8, 4) is 0 Å². The largest absolute Gasteiger partial charge is 0.463 e. The van der Waals surface area contributed by atoms with E-state index in [9.17, 15) is 19.5 Å². The Morgan fingerprint density at radius 2 is 2.02 bits per heavy atom. The third-order valence-corrected chi connectivity index (χ3v) is 8.20. The number of aliphatic hydroxyl groups is 1. The zero-order chi connectivity index (χ0) is 31.1. The lowest BCUT2D eigenvalue weighted by atomic mass is 9.87. The summed E-state index contributed by atoms with van der Waals surface area (Å²) >= 11 is 0. The molecule has 0 unspecified atom stereocenters. The first-order valence-corrected chi connectivity index (χ1v) is 15.1. The van der Waals surface area contributed by atoms with Gasteiger partial charge in [-0.1, -0.05) is 40.0 Å². The quantitative estimate of drug-likeness (QED) is 0.242. The van der Waals surface area contributed by atoms with E-state index in [1.807, 2.05) is 6.92 Å². The molecule has 2 fully saturated rings. The van der Waals surface area contributed by atoms with Gasteiger partial charge < -0.3 is 30.4 Å². The fraction of sp³-hybridized carbons (Fsp3) is 0.667. The molecule has 1 amide bonds. The van der Waals surface area contributed by atoms with Crippen molar-refractivity contribution < 1.29 is 33.7 Å². The fourth-order valence-corrected chi connectivity index (χ4v) is 5.77. The van der Waals surface area contributed by atoms with E-state index in [-0.39, 0.29) is 36.1 Å². The van der Waals surface area contributed by atoms with Crippen LogP contribution < -0.4 is 11.1 Å². The van der Waals surface area contributed by atoms with Crippen molar-refractivity contribution in [2.45, 2.75) is 102 Å². The number of rotatable bonds is 12. The van der Waals surface area contributed by atoms with Crippen LogP contribution >= 0.6 is 0 Å². The molecule has 0 aromatic carbocycles. The van der Waals surface area contributed by atoms with Gasteiger partial charge in [0.1, 0.15) is 36.7 Å². The third kappa shape index (κ3) is 7.22. The highest BCUT2D eigenvalue weighted by Gasteiger charge is 2.58. The van der Waals surface area contributed by atoms with Gasteiger partial charge in [0.25, 0.3) is 0 Å². The molecule has 0 radical (unpaired) electrons. The van der Waals surface area contributed by atoms with E-state index in [1.165, 1.54) is 30.5 Å². The van der Waals surface area contributed by atoms with Gasteiger partial charge in [0.2, 0.25) is 5.91 Å². The molecule has 236 valence electrons. The van der Waals surface area contributed by atoms with Gasteiger partial charge in [-0.05, 0) is 43.2 Å². The lowest BCUT2D eigenvalue weighted by Crippen LogP contribution is -2.47. The number of hydrogen-bond donors (Lipinski definition) is 3. The molecule has 2 aromatic rings. The number of fused-ring (bicyclic) bond motifs is 1.